The Labute approximate surface area is 198 Å². The average molecular weight is 488 g/mol. The SMILES string of the molecule is O=C(Nc1ccc(-c2ccc(OCC3(C(=O)O)CCC3)nc2)cc1F)Nc1ccc(F)cc1Cl. The minimum atomic E-state index is -0.867. The van der Waals surface area contributed by atoms with E-state index in [4.69, 9.17) is 16.3 Å². The van der Waals surface area contributed by atoms with Gasteiger partial charge in [-0.3, -0.25) is 4.79 Å². The van der Waals surface area contributed by atoms with Gasteiger partial charge in [0.05, 0.1) is 16.4 Å². The van der Waals surface area contributed by atoms with Crippen LogP contribution in [0.3, 0.4) is 0 Å². The summed E-state index contributed by atoms with van der Waals surface area (Å²) in [5.41, 5.74) is 0.395. The van der Waals surface area contributed by atoms with Crippen LogP contribution in [0.25, 0.3) is 11.1 Å². The van der Waals surface area contributed by atoms with Crippen LogP contribution < -0.4 is 15.4 Å². The molecule has 7 nitrogen and oxygen atoms in total. The van der Waals surface area contributed by atoms with Crippen LogP contribution in [0.4, 0.5) is 25.0 Å². The standard InChI is InChI=1S/C24H20ClF2N3O4/c25-17-11-16(26)4-6-19(17)29-23(33)30-20-5-2-14(10-18(20)27)15-3-7-21(28-12-15)34-13-24(22(31)32)8-1-9-24/h2-7,10-12H,1,8-9,13H2,(H,31,32)(H2,29,30,33). The number of benzene rings is 2. The van der Waals surface area contributed by atoms with Crippen LogP contribution >= 0.6 is 11.6 Å². The van der Waals surface area contributed by atoms with Crippen LogP contribution in [0.15, 0.2) is 54.7 Å². The number of aromatic nitrogens is 1. The number of nitrogens with zero attached hydrogens (tertiary/aromatic N) is 1. The number of hydrogen-bond acceptors (Lipinski definition) is 4. The Balaban J connectivity index is 1.38. The smallest absolute Gasteiger partial charge is 0.323 e. The lowest BCUT2D eigenvalue weighted by molar-refractivity contribution is -0.157. The Morgan fingerprint density at radius 1 is 1.03 bits per heavy atom. The van der Waals surface area contributed by atoms with Gasteiger partial charge in [-0.15, -0.1) is 0 Å². The number of pyridine rings is 1. The minimum Gasteiger partial charge on any atom is -0.481 e. The van der Waals surface area contributed by atoms with E-state index in [0.29, 0.717) is 24.0 Å². The maximum atomic E-state index is 14.6. The molecule has 0 atom stereocenters. The molecule has 1 aliphatic carbocycles. The Kier molecular flexibility index (Phi) is 6.65. The number of amides is 2. The second kappa shape index (κ2) is 9.64. The third kappa shape index (κ3) is 5.09. The molecule has 3 aromatic rings. The number of aliphatic carboxylic acids is 1. The van der Waals surface area contributed by atoms with Crippen molar-refractivity contribution in [1.29, 1.82) is 0 Å². The highest BCUT2D eigenvalue weighted by atomic mass is 35.5. The van der Waals surface area contributed by atoms with E-state index in [1.165, 1.54) is 24.4 Å². The van der Waals surface area contributed by atoms with Gasteiger partial charge in [0.2, 0.25) is 5.88 Å². The molecule has 2 amide bonds. The first-order valence-corrected chi connectivity index (χ1v) is 10.8. The maximum Gasteiger partial charge on any atom is 0.323 e. The van der Waals surface area contributed by atoms with Gasteiger partial charge in [-0.05, 0) is 54.8 Å². The number of urea groups is 1. The second-order valence-corrected chi connectivity index (χ2v) is 8.42. The van der Waals surface area contributed by atoms with E-state index in [9.17, 15) is 23.5 Å². The molecule has 1 aromatic heterocycles. The lowest BCUT2D eigenvalue weighted by atomic mass is 9.69. The number of rotatable bonds is 7. The van der Waals surface area contributed by atoms with Gasteiger partial charge >= 0.3 is 12.0 Å². The van der Waals surface area contributed by atoms with Crippen LogP contribution in [0.5, 0.6) is 5.88 Å². The number of carbonyl (C=O) groups excluding carboxylic acids is 1. The summed E-state index contributed by atoms with van der Waals surface area (Å²) in [5, 5.41) is 14.2. The van der Waals surface area contributed by atoms with Gasteiger partial charge in [-0.2, -0.15) is 0 Å². The Bertz CT molecular complexity index is 1230. The van der Waals surface area contributed by atoms with E-state index in [0.717, 1.165) is 18.6 Å². The average Bonchev–Trinajstić information content (AvgIpc) is 2.76. The van der Waals surface area contributed by atoms with Crippen molar-refractivity contribution >= 4 is 35.0 Å². The van der Waals surface area contributed by atoms with Gasteiger partial charge in [0.15, 0.2) is 0 Å². The van der Waals surface area contributed by atoms with Gasteiger partial charge in [0, 0.05) is 17.8 Å². The monoisotopic (exact) mass is 487 g/mol. The van der Waals surface area contributed by atoms with Crippen molar-refractivity contribution in [2.45, 2.75) is 19.3 Å². The van der Waals surface area contributed by atoms with Crippen molar-refractivity contribution in [1.82, 2.24) is 4.98 Å². The first-order valence-electron chi connectivity index (χ1n) is 10.4. The molecule has 1 fully saturated rings. The molecule has 0 spiro atoms. The number of carboxylic acids is 1. The number of anilines is 2. The van der Waals surface area contributed by atoms with E-state index >= 15 is 0 Å². The van der Waals surface area contributed by atoms with E-state index in [1.54, 1.807) is 18.2 Å². The van der Waals surface area contributed by atoms with Crippen molar-refractivity contribution in [3.05, 3.63) is 71.4 Å². The summed E-state index contributed by atoms with van der Waals surface area (Å²) < 4.78 is 33.3. The van der Waals surface area contributed by atoms with Gasteiger partial charge < -0.3 is 20.5 Å². The zero-order valence-corrected chi connectivity index (χ0v) is 18.5. The normalized spacial score (nSPS) is 14.1. The first-order chi connectivity index (χ1) is 16.3. The summed E-state index contributed by atoms with van der Waals surface area (Å²) in [6.07, 6.45) is 3.51. The quantitative estimate of drug-likeness (QED) is 0.382. The number of halogens is 3. The predicted octanol–water partition coefficient (Wildman–Crippen LogP) is 5.96. The lowest BCUT2D eigenvalue weighted by Crippen LogP contribution is -2.43. The van der Waals surface area contributed by atoms with Crippen molar-refractivity contribution in [3.63, 3.8) is 0 Å². The van der Waals surface area contributed by atoms with Crippen molar-refractivity contribution < 1.29 is 28.2 Å². The summed E-state index contributed by atoms with van der Waals surface area (Å²) in [6, 6.07) is 10.3. The third-order valence-corrected chi connectivity index (χ3v) is 6.04. The van der Waals surface area contributed by atoms with Crippen LogP contribution in [0, 0.1) is 17.0 Å². The van der Waals surface area contributed by atoms with Gasteiger partial charge in [0.1, 0.15) is 23.7 Å². The van der Waals surface area contributed by atoms with Crippen molar-refractivity contribution in [2.75, 3.05) is 17.2 Å². The summed E-state index contributed by atoms with van der Waals surface area (Å²) in [7, 11) is 0. The van der Waals surface area contributed by atoms with E-state index in [-0.39, 0.29) is 28.9 Å². The van der Waals surface area contributed by atoms with E-state index in [2.05, 4.69) is 15.6 Å². The molecule has 0 unspecified atom stereocenters. The minimum absolute atomic E-state index is 0.0108. The van der Waals surface area contributed by atoms with E-state index < -0.39 is 29.0 Å². The molecule has 0 radical (unpaired) electrons. The molecule has 0 aliphatic heterocycles. The Morgan fingerprint density at radius 2 is 1.74 bits per heavy atom. The van der Waals surface area contributed by atoms with Crippen LogP contribution in [0.1, 0.15) is 19.3 Å². The van der Waals surface area contributed by atoms with Crippen molar-refractivity contribution in [3.8, 4) is 17.0 Å². The molecule has 1 saturated carbocycles. The molecule has 34 heavy (non-hydrogen) atoms. The molecular weight excluding hydrogens is 468 g/mol. The topological polar surface area (TPSA) is 101 Å². The zero-order chi connectivity index (χ0) is 24.3. The van der Waals surface area contributed by atoms with Crippen LogP contribution in [-0.4, -0.2) is 28.7 Å². The highest BCUT2D eigenvalue weighted by Crippen LogP contribution is 2.41. The van der Waals surface area contributed by atoms with Crippen LogP contribution in [-0.2, 0) is 4.79 Å². The maximum absolute atomic E-state index is 14.6. The van der Waals surface area contributed by atoms with Gasteiger partial charge in [-0.25, -0.2) is 18.6 Å². The van der Waals surface area contributed by atoms with Crippen LogP contribution in [0.2, 0.25) is 5.02 Å². The predicted molar refractivity (Wildman–Crippen MR) is 123 cm³/mol. The second-order valence-electron chi connectivity index (χ2n) is 8.01. The number of ether oxygens (including phenoxy) is 1. The van der Waals surface area contributed by atoms with Gasteiger partial charge in [0.25, 0.3) is 0 Å². The largest absolute Gasteiger partial charge is 0.481 e. The molecule has 2 aromatic carbocycles. The van der Waals surface area contributed by atoms with Gasteiger partial charge in [-0.1, -0.05) is 24.1 Å². The molecule has 176 valence electrons. The fourth-order valence-electron chi connectivity index (χ4n) is 3.53. The molecule has 1 aliphatic rings. The molecule has 0 saturated heterocycles. The number of carboxylic acid groups (broad SMARTS) is 1. The number of nitrogens with one attached hydrogen (secondary N) is 2. The Hall–Kier alpha value is -3.72. The zero-order valence-electron chi connectivity index (χ0n) is 17.8. The molecular formula is C24H20ClF2N3O4. The molecule has 4 rings (SSSR count). The van der Waals surface area contributed by atoms with E-state index in [1.807, 2.05) is 0 Å². The molecule has 1 heterocycles. The molecule has 3 N–H and O–H groups in total. The summed E-state index contributed by atoms with van der Waals surface area (Å²) in [5.74, 6) is -1.80. The third-order valence-electron chi connectivity index (χ3n) is 5.73. The molecule has 0 bridgehead atoms. The fourth-order valence-corrected chi connectivity index (χ4v) is 3.75. The highest BCUT2D eigenvalue weighted by molar-refractivity contribution is 6.33. The summed E-state index contributed by atoms with van der Waals surface area (Å²) in [4.78, 5) is 27.8. The molecule has 10 heteroatoms. The Morgan fingerprint density at radius 3 is 2.32 bits per heavy atom. The summed E-state index contributed by atoms with van der Waals surface area (Å²) in [6.45, 7) is 0.0505. The highest BCUT2D eigenvalue weighted by Gasteiger charge is 2.45. The van der Waals surface area contributed by atoms with Crippen molar-refractivity contribution in [2.24, 2.45) is 5.41 Å². The number of carbonyl (C=O) groups is 2. The first kappa shape index (κ1) is 23.4. The summed E-state index contributed by atoms with van der Waals surface area (Å²) >= 11 is 5.88. The fraction of sp³-hybridized carbons (Fsp3) is 0.208. The number of hydrogen-bond donors (Lipinski definition) is 3. The lowest BCUT2D eigenvalue weighted by Gasteiger charge is -2.36.